The molecule has 0 aromatic heterocycles. The van der Waals surface area contributed by atoms with Gasteiger partial charge in [0, 0.05) is 18.2 Å². The molecule has 0 spiro atoms. The zero-order chi connectivity index (χ0) is 18.9. The van der Waals surface area contributed by atoms with E-state index in [0.29, 0.717) is 5.56 Å². The standard InChI is InChI=1S/C19H22N2O4S/c1-13-7-10-18(21(22)23)12-19(13)26(24,25)20-14(2)16-9-8-15-5-3-4-6-17(15)11-16/h7-12,14,20H,3-6H2,1-2H3/t14-/m1/s1. The molecule has 0 amide bonds. The summed E-state index contributed by atoms with van der Waals surface area (Å²) >= 11 is 0. The second kappa shape index (κ2) is 7.17. The lowest BCUT2D eigenvalue weighted by molar-refractivity contribution is -0.385. The van der Waals surface area contributed by atoms with Crippen molar-refractivity contribution in [3.8, 4) is 0 Å². The van der Waals surface area contributed by atoms with E-state index in [-0.39, 0.29) is 10.6 Å². The summed E-state index contributed by atoms with van der Waals surface area (Å²) in [6, 6.07) is 9.55. The molecule has 6 nitrogen and oxygen atoms in total. The van der Waals surface area contributed by atoms with Gasteiger partial charge in [0.15, 0.2) is 0 Å². The molecule has 1 aliphatic rings. The van der Waals surface area contributed by atoms with Crippen LogP contribution >= 0.6 is 0 Å². The molecular weight excluding hydrogens is 352 g/mol. The third kappa shape index (κ3) is 3.78. The molecule has 0 fully saturated rings. The number of sulfonamides is 1. The molecule has 0 heterocycles. The summed E-state index contributed by atoms with van der Waals surface area (Å²) in [7, 11) is -3.87. The first-order valence-corrected chi connectivity index (χ1v) is 10.2. The van der Waals surface area contributed by atoms with Gasteiger partial charge < -0.3 is 0 Å². The Hall–Kier alpha value is -2.25. The van der Waals surface area contributed by atoms with Crippen LogP contribution in [0.4, 0.5) is 5.69 Å². The summed E-state index contributed by atoms with van der Waals surface area (Å²) in [6.45, 7) is 3.41. The Balaban J connectivity index is 1.87. The van der Waals surface area contributed by atoms with Gasteiger partial charge in [0.05, 0.1) is 9.82 Å². The van der Waals surface area contributed by atoms with E-state index < -0.39 is 21.0 Å². The number of fused-ring (bicyclic) bond motifs is 1. The van der Waals surface area contributed by atoms with E-state index in [9.17, 15) is 18.5 Å². The largest absolute Gasteiger partial charge is 0.270 e. The number of hydrogen-bond acceptors (Lipinski definition) is 4. The molecule has 0 saturated carbocycles. The Bertz CT molecular complexity index is 954. The molecule has 1 N–H and O–H groups in total. The lowest BCUT2D eigenvalue weighted by Gasteiger charge is -2.20. The Kier molecular flexibility index (Phi) is 5.11. The van der Waals surface area contributed by atoms with Gasteiger partial charge in [-0.1, -0.05) is 24.3 Å². The third-order valence-corrected chi connectivity index (χ3v) is 6.56. The van der Waals surface area contributed by atoms with Crippen LogP contribution in [0, 0.1) is 17.0 Å². The number of hydrogen-bond donors (Lipinski definition) is 1. The lowest BCUT2D eigenvalue weighted by atomic mass is 9.89. The van der Waals surface area contributed by atoms with Crippen LogP contribution in [-0.4, -0.2) is 13.3 Å². The molecule has 1 atom stereocenters. The van der Waals surface area contributed by atoms with Crippen LogP contribution in [0.2, 0.25) is 0 Å². The second-order valence-electron chi connectivity index (χ2n) is 6.79. The number of nitro groups is 1. The number of nitrogens with one attached hydrogen (secondary N) is 1. The number of non-ortho nitro benzene ring substituents is 1. The Morgan fingerprint density at radius 1 is 1.08 bits per heavy atom. The SMILES string of the molecule is Cc1ccc([N+](=O)[O-])cc1S(=O)(=O)N[C@H](C)c1ccc2c(c1)CCCC2. The summed E-state index contributed by atoms with van der Waals surface area (Å²) in [5.74, 6) is 0. The minimum absolute atomic E-state index is 0.0588. The highest BCUT2D eigenvalue weighted by Gasteiger charge is 2.23. The van der Waals surface area contributed by atoms with Crippen molar-refractivity contribution in [3.05, 3.63) is 68.8 Å². The predicted molar refractivity (Wildman–Crippen MR) is 99.7 cm³/mol. The minimum atomic E-state index is -3.87. The van der Waals surface area contributed by atoms with Crippen LogP contribution in [0.1, 0.15) is 48.1 Å². The lowest BCUT2D eigenvalue weighted by Crippen LogP contribution is -2.27. The Morgan fingerprint density at radius 2 is 1.77 bits per heavy atom. The first kappa shape index (κ1) is 18.5. The summed E-state index contributed by atoms with van der Waals surface area (Å²) in [4.78, 5) is 10.3. The molecule has 0 bridgehead atoms. The van der Waals surface area contributed by atoms with Gasteiger partial charge in [-0.3, -0.25) is 10.1 Å². The fourth-order valence-electron chi connectivity index (χ4n) is 3.38. The van der Waals surface area contributed by atoms with Gasteiger partial charge in [0.2, 0.25) is 10.0 Å². The average Bonchev–Trinajstić information content (AvgIpc) is 2.60. The van der Waals surface area contributed by atoms with E-state index in [1.54, 1.807) is 13.8 Å². The summed E-state index contributed by atoms with van der Waals surface area (Å²) in [5, 5.41) is 11.0. The zero-order valence-electron chi connectivity index (χ0n) is 14.9. The van der Waals surface area contributed by atoms with E-state index in [2.05, 4.69) is 16.9 Å². The molecular formula is C19H22N2O4S. The molecule has 2 aromatic rings. The van der Waals surface area contributed by atoms with E-state index in [0.717, 1.165) is 30.9 Å². The first-order valence-electron chi connectivity index (χ1n) is 8.67. The van der Waals surface area contributed by atoms with Gasteiger partial charge in [0.25, 0.3) is 5.69 Å². The van der Waals surface area contributed by atoms with Crippen LogP contribution in [-0.2, 0) is 22.9 Å². The molecule has 2 aromatic carbocycles. The zero-order valence-corrected chi connectivity index (χ0v) is 15.7. The fraction of sp³-hybridized carbons (Fsp3) is 0.368. The predicted octanol–water partition coefficient (Wildman–Crippen LogP) is 3.82. The van der Waals surface area contributed by atoms with Gasteiger partial charge in [0.1, 0.15) is 0 Å². The quantitative estimate of drug-likeness (QED) is 0.636. The summed E-state index contributed by atoms with van der Waals surface area (Å²) in [6.07, 6.45) is 4.44. The molecule has 1 aliphatic carbocycles. The normalized spacial score (nSPS) is 15.3. The van der Waals surface area contributed by atoms with E-state index in [1.165, 1.54) is 29.7 Å². The van der Waals surface area contributed by atoms with Gasteiger partial charge in [-0.25, -0.2) is 13.1 Å². The van der Waals surface area contributed by atoms with Gasteiger partial charge in [-0.2, -0.15) is 0 Å². The van der Waals surface area contributed by atoms with Crippen LogP contribution in [0.5, 0.6) is 0 Å². The second-order valence-corrected chi connectivity index (χ2v) is 8.47. The fourth-order valence-corrected chi connectivity index (χ4v) is 4.88. The van der Waals surface area contributed by atoms with E-state index in [4.69, 9.17) is 0 Å². The van der Waals surface area contributed by atoms with Crippen LogP contribution in [0.3, 0.4) is 0 Å². The average molecular weight is 374 g/mol. The highest BCUT2D eigenvalue weighted by Crippen LogP contribution is 2.27. The Labute approximate surface area is 153 Å². The molecule has 26 heavy (non-hydrogen) atoms. The number of nitro benzene ring substituents is 1. The molecule has 138 valence electrons. The smallest absolute Gasteiger partial charge is 0.258 e. The van der Waals surface area contributed by atoms with Crippen molar-refractivity contribution < 1.29 is 13.3 Å². The van der Waals surface area contributed by atoms with Gasteiger partial charge >= 0.3 is 0 Å². The highest BCUT2D eigenvalue weighted by molar-refractivity contribution is 7.89. The van der Waals surface area contributed by atoms with Crippen molar-refractivity contribution >= 4 is 15.7 Å². The van der Waals surface area contributed by atoms with Gasteiger partial charge in [-0.05, 0) is 61.8 Å². The molecule has 0 saturated heterocycles. The topological polar surface area (TPSA) is 89.3 Å². The van der Waals surface area contributed by atoms with Crippen molar-refractivity contribution in [2.24, 2.45) is 0 Å². The monoisotopic (exact) mass is 374 g/mol. The maximum absolute atomic E-state index is 12.8. The molecule has 0 unspecified atom stereocenters. The summed E-state index contributed by atoms with van der Waals surface area (Å²) in [5.41, 5.74) is 3.76. The summed E-state index contributed by atoms with van der Waals surface area (Å²) < 4.78 is 28.2. The third-order valence-electron chi connectivity index (χ3n) is 4.88. The van der Waals surface area contributed by atoms with Gasteiger partial charge in [-0.15, -0.1) is 0 Å². The van der Waals surface area contributed by atoms with E-state index >= 15 is 0 Å². The number of nitrogens with zero attached hydrogens (tertiary/aromatic N) is 1. The van der Waals surface area contributed by atoms with Crippen LogP contribution in [0.25, 0.3) is 0 Å². The maximum atomic E-state index is 12.8. The van der Waals surface area contributed by atoms with E-state index in [1.807, 2.05) is 6.07 Å². The molecule has 0 radical (unpaired) electrons. The molecule has 7 heteroatoms. The number of benzene rings is 2. The molecule has 3 rings (SSSR count). The highest BCUT2D eigenvalue weighted by atomic mass is 32.2. The minimum Gasteiger partial charge on any atom is -0.258 e. The van der Waals surface area contributed by atoms with Crippen molar-refractivity contribution in [1.29, 1.82) is 0 Å². The van der Waals surface area contributed by atoms with Crippen LogP contribution in [0.15, 0.2) is 41.3 Å². The van der Waals surface area contributed by atoms with Crippen molar-refractivity contribution in [3.63, 3.8) is 0 Å². The van der Waals surface area contributed by atoms with Crippen LogP contribution < -0.4 is 4.72 Å². The van der Waals surface area contributed by atoms with Crippen molar-refractivity contribution in [2.75, 3.05) is 0 Å². The first-order chi connectivity index (χ1) is 12.3. The Morgan fingerprint density at radius 3 is 2.46 bits per heavy atom. The van der Waals surface area contributed by atoms with Crippen molar-refractivity contribution in [1.82, 2.24) is 4.72 Å². The molecule has 0 aliphatic heterocycles. The number of rotatable bonds is 5. The maximum Gasteiger partial charge on any atom is 0.270 e. The number of aryl methyl sites for hydroxylation is 3. The van der Waals surface area contributed by atoms with Crippen molar-refractivity contribution in [2.45, 2.75) is 50.5 Å².